The number of alkyl halides is 1. The average Bonchev–Trinajstić information content (AvgIpc) is 2.85. The predicted octanol–water partition coefficient (Wildman–Crippen LogP) is 1.91. The number of hydrogen-bond donors (Lipinski definition) is 0. The summed E-state index contributed by atoms with van der Waals surface area (Å²) in [5.74, 6) is 1.22. The van der Waals surface area contributed by atoms with Gasteiger partial charge in [0.05, 0.1) is 13.2 Å². The van der Waals surface area contributed by atoms with Gasteiger partial charge in [-0.15, -0.1) is 11.6 Å². The second kappa shape index (κ2) is 4.45. The molecule has 1 rings (SSSR count). The van der Waals surface area contributed by atoms with Crippen molar-refractivity contribution in [1.29, 1.82) is 0 Å². The maximum absolute atomic E-state index is 5.91. The molecule has 2 nitrogen and oxygen atoms in total. The summed E-state index contributed by atoms with van der Waals surface area (Å²) >= 11 is 5.91. The van der Waals surface area contributed by atoms with Crippen LogP contribution in [0.5, 0.6) is 0 Å². The molecule has 1 aliphatic rings. The van der Waals surface area contributed by atoms with Crippen LogP contribution in [0.1, 0.15) is 12.8 Å². The van der Waals surface area contributed by atoms with Crippen LogP contribution in [-0.4, -0.2) is 33.3 Å². The summed E-state index contributed by atoms with van der Waals surface area (Å²) in [6.45, 7) is 1.53. The molecule has 0 unspecified atom stereocenters. The van der Waals surface area contributed by atoms with Crippen molar-refractivity contribution < 1.29 is 9.47 Å². The third-order valence-corrected chi connectivity index (χ3v) is 3.29. The molecule has 1 fully saturated rings. The second-order valence-electron chi connectivity index (χ2n) is 3.60. The molecule has 0 radical (unpaired) electrons. The third kappa shape index (κ3) is 2.12. The van der Waals surface area contributed by atoms with Crippen molar-refractivity contribution >= 4 is 11.6 Å². The Morgan fingerprint density at radius 1 is 1.25 bits per heavy atom. The lowest BCUT2D eigenvalue weighted by atomic mass is 9.92. The maximum Gasteiger partial charge on any atom is 0.0518 e. The maximum atomic E-state index is 5.91. The van der Waals surface area contributed by atoms with Gasteiger partial charge in [0.15, 0.2) is 0 Å². The molecule has 1 saturated carbocycles. The highest BCUT2D eigenvalue weighted by molar-refractivity contribution is 6.18. The first-order chi connectivity index (χ1) is 5.79. The van der Waals surface area contributed by atoms with E-state index in [0.717, 1.165) is 19.1 Å². The average molecular weight is 193 g/mol. The van der Waals surface area contributed by atoms with Crippen LogP contribution in [0, 0.1) is 11.3 Å². The Hall–Kier alpha value is 0.210. The Kier molecular flexibility index (Phi) is 3.81. The molecule has 72 valence electrons. The van der Waals surface area contributed by atoms with Crippen LogP contribution < -0.4 is 0 Å². The van der Waals surface area contributed by atoms with E-state index in [9.17, 15) is 0 Å². The van der Waals surface area contributed by atoms with Crippen LogP contribution in [0.15, 0.2) is 0 Å². The fraction of sp³-hybridized carbons (Fsp3) is 1.00. The van der Waals surface area contributed by atoms with Crippen LogP contribution in [0.25, 0.3) is 0 Å². The van der Waals surface area contributed by atoms with Crippen molar-refractivity contribution in [3.05, 3.63) is 0 Å². The van der Waals surface area contributed by atoms with Gasteiger partial charge in [-0.3, -0.25) is 0 Å². The lowest BCUT2D eigenvalue weighted by molar-refractivity contribution is 0.0518. The highest BCUT2D eigenvalue weighted by atomic mass is 35.5. The zero-order valence-electron chi connectivity index (χ0n) is 7.81. The van der Waals surface area contributed by atoms with Gasteiger partial charge in [0.1, 0.15) is 0 Å². The van der Waals surface area contributed by atoms with Gasteiger partial charge in [0.2, 0.25) is 0 Å². The van der Waals surface area contributed by atoms with Gasteiger partial charge in [0, 0.05) is 26.0 Å². The summed E-state index contributed by atoms with van der Waals surface area (Å²) < 4.78 is 10.3. The molecule has 1 aliphatic carbocycles. The molecule has 0 amide bonds. The van der Waals surface area contributed by atoms with Crippen LogP contribution in [0.2, 0.25) is 0 Å². The molecular weight excluding hydrogens is 176 g/mol. The molecule has 0 heterocycles. The van der Waals surface area contributed by atoms with Crippen molar-refractivity contribution in [3.63, 3.8) is 0 Å². The van der Waals surface area contributed by atoms with Gasteiger partial charge < -0.3 is 9.47 Å². The molecule has 0 saturated heterocycles. The Labute approximate surface area is 79.2 Å². The SMILES string of the molecule is COCC(COC)C1(CCl)CC1. The number of halogens is 1. The monoisotopic (exact) mass is 192 g/mol. The van der Waals surface area contributed by atoms with Gasteiger partial charge >= 0.3 is 0 Å². The van der Waals surface area contributed by atoms with Crippen LogP contribution >= 0.6 is 11.6 Å². The Bertz CT molecular complexity index is 128. The first kappa shape index (κ1) is 10.3. The van der Waals surface area contributed by atoms with Crippen LogP contribution in [0.4, 0.5) is 0 Å². The predicted molar refractivity (Wildman–Crippen MR) is 49.6 cm³/mol. The highest BCUT2D eigenvalue weighted by Crippen LogP contribution is 2.52. The van der Waals surface area contributed by atoms with Crippen molar-refractivity contribution in [2.24, 2.45) is 11.3 Å². The van der Waals surface area contributed by atoms with E-state index in [4.69, 9.17) is 21.1 Å². The van der Waals surface area contributed by atoms with Gasteiger partial charge in [0.25, 0.3) is 0 Å². The molecule has 0 atom stereocenters. The fourth-order valence-corrected chi connectivity index (χ4v) is 2.10. The minimum Gasteiger partial charge on any atom is -0.384 e. The van der Waals surface area contributed by atoms with E-state index >= 15 is 0 Å². The van der Waals surface area contributed by atoms with Crippen molar-refractivity contribution in [2.45, 2.75) is 12.8 Å². The molecule has 0 aliphatic heterocycles. The first-order valence-corrected chi connectivity index (χ1v) is 4.86. The molecule has 12 heavy (non-hydrogen) atoms. The zero-order valence-corrected chi connectivity index (χ0v) is 8.56. The molecule has 0 aromatic carbocycles. The molecule has 0 N–H and O–H groups in total. The van der Waals surface area contributed by atoms with E-state index in [0.29, 0.717) is 11.3 Å². The fourth-order valence-electron chi connectivity index (χ4n) is 1.62. The van der Waals surface area contributed by atoms with E-state index < -0.39 is 0 Å². The van der Waals surface area contributed by atoms with E-state index in [-0.39, 0.29) is 0 Å². The molecule has 0 spiro atoms. The summed E-state index contributed by atoms with van der Waals surface area (Å²) in [7, 11) is 3.46. The minimum absolute atomic E-state index is 0.327. The summed E-state index contributed by atoms with van der Waals surface area (Å²) in [6.07, 6.45) is 2.46. The Morgan fingerprint density at radius 2 is 1.75 bits per heavy atom. The summed E-state index contributed by atoms with van der Waals surface area (Å²) in [6, 6.07) is 0. The summed E-state index contributed by atoms with van der Waals surface area (Å²) in [5.41, 5.74) is 0.327. The topological polar surface area (TPSA) is 18.5 Å². The molecule has 0 bridgehead atoms. The van der Waals surface area contributed by atoms with Crippen molar-refractivity contribution in [3.8, 4) is 0 Å². The first-order valence-electron chi connectivity index (χ1n) is 4.33. The van der Waals surface area contributed by atoms with E-state index in [1.807, 2.05) is 0 Å². The van der Waals surface area contributed by atoms with Gasteiger partial charge in [-0.2, -0.15) is 0 Å². The standard InChI is InChI=1S/C9H17ClO2/c1-11-5-8(6-12-2)9(7-10)3-4-9/h8H,3-7H2,1-2H3. The number of ether oxygens (including phenoxy) is 2. The lowest BCUT2D eigenvalue weighted by Crippen LogP contribution is -2.26. The second-order valence-corrected chi connectivity index (χ2v) is 3.87. The number of methoxy groups -OCH3 is 2. The van der Waals surface area contributed by atoms with Gasteiger partial charge in [-0.1, -0.05) is 0 Å². The quantitative estimate of drug-likeness (QED) is 0.599. The van der Waals surface area contributed by atoms with Crippen LogP contribution in [0.3, 0.4) is 0 Å². The van der Waals surface area contributed by atoms with E-state index in [1.54, 1.807) is 14.2 Å². The Morgan fingerprint density at radius 3 is 2.00 bits per heavy atom. The third-order valence-electron chi connectivity index (χ3n) is 2.76. The minimum atomic E-state index is 0.327. The normalized spacial score (nSPS) is 20.0. The van der Waals surface area contributed by atoms with Crippen molar-refractivity contribution in [2.75, 3.05) is 33.3 Å². The number of rotatable bonds is 6. The van der Waals surface area contributed by atoms with E-state index in [2.05, 4.69) is 0 Å². The smallest absolute Gasteiger partial charge is 0.0518 e. The van der Waals surface area contributed by atoms with Gasteiger partial charge in [-0.25, -0.2) is 0 Å². The summed E-state index contributed by atoms with van der Waals surface area (Å²) in [5, 5.41) is 0. The highest BCUT2D eigenvalue weighted by Gasteiger charge is 2.48. The largest absolute Gasteiger partial charge is 0.384 e. The number of hydrogen-bond acceptors (Lipinski definition) is 2. The zero-order chi connectivity index (χ0) is 9.03. The van der Waals surface area contributed by atoms with Crippen LogP contribution in [-0.2, 0) is 9.47 Å². The molecule has 0 aromatic heterocycles. The van der Waals surface area contributed by atoms with Gasteiger partial charge in [-0.05, 0) is 18.3 Å². The molecule has 0 aromatic rings. The van der Waals surface area contributed by atoms with Crippen molar-refractivity contribution in [1.82, 2.24) is 0 Å². The van der Waals surface area contributed by atoms with E-state index in [1.165, 1.54) is 12.8 Å². The lowest BCUT2D eigenvalue weighted by Gasteiger charge is -2.23. The summed E-state index contributed by atoms with van der Waals surface area (Å²) in [4.78, 5) is 0. The Balaban J connectivity index is 2.41. The molecular formula is C9H17ClO2. The molecule has 3 heteroatoms.